The fourth-order valence-electron chi connectivity index (χ4n) is 1.84. The summed E-state index contributed by atoms with van der Waals surface area (Å²) in [5, 5.41) is 0. The van der Waals surface area contributed by atoms with Gasteiger partial charge < -0.3 is 10.5 Å². The van der Waals surface area contributed by atoms with Crippen molar-refractivity contribution in [3.8, 4) is 0 Å². The Morgan fingerprint density at radius 1 is 1.38 bits per heavy atom. The lowest BCUT2D eigenvalue weighted by Crippen LogP contribution is -2.40. The number of ether oxygens (including phenoxy) is 1. The second-order valence-corrected chi connectivity index (χ2v) is 6.50. The molecule has 0 aliphatic heterocycles. The largest absolute Gasteiger partial charge is 0.394 e. The second-order valence-electron chi connectivity index (χ2n) is 4.64. The van der Waals surface area contributed by atoms with Crippen molar-refractivity contribution >= 4 is 15.7 Å². The van der Waals surface area contributed by atoms with Crippen LogP contribution in [0, 0.1) is 11.6 Å². The van der Waals surface area contributed by atoms with Crippen LogP contribution in [0.3, 0.4) is 0 Å². The molecule has 0 fully saturated rings. The Balaban J connectivity index is 3.32. The van der Waals surface area contributed by atoms with Crippen molar-refractivity contribution in [2.75, 3.05) is 26.0 Å². The number of rotatable bonds is 7. The number of methoxy groups -OCH3 is 1. The van der Waals surface area contributed by atoms with Crippen molar-refractivity contribution < 1.29 is 21.9 Å². The summed E-state index contributed by atoms with van der Waals surface area (Å²) in [7, 11) is -2.68. The van der Waals surface area contributed by atoms with Gasteiger partial charge >= 0.3 is 0 Å². The molecular weight excluding hydrogens is 302 g/mol. The molecule has 0 amide bonds. The van der Waals surface area contributed by atoms with E-state index in [0.717, 1.165) is 16.4 Å². The minimum absolute atomic E-state index is 0.0740. The van der Waals surface area contributed by atoms with Gasteiger partial charge in [-0.1, -0.05) is 6.92 Å². The molecule has 21 heavy (non-hydrogen) atoms. The van der Waals surface area contributed by atoms with E-state index in [0.29, 0.717) is 6.42 Å². The number of sulfonamides is 1. The van der Waals surface area contributed by atoms with Crippen LogP contribution >= 0.6 is 0 Å². The molecule has 0 spiro atoms. The van der Waals surface area contributed by atoms with Crippen molar-refractivity contribution in [3.05, 3.63) is 23.8 Å². The van der Waals surface area contributed by atoms with Crippen LogP contribution in [-0.2, 0) is 14.8 Å². The van der Waals surface area contributed by atoms with Gasteiger partial charge in [-0.15, -0.1) is 0 Å². The van der Waals surface area contributed by atoms with Crippen LogP contribution in [-0.4, -0.2) is 39.0 Å². The Morgan fingerprint density at radius 3 is 2.52 bits per heavy atom. The fourth-order valence-corrected chi connectivity index (χ4v) is 3.60. The number of halogens is 2. The first-order valence-corrected chi connectivity index (χ1v) is 7.95. The quantitative estimate of drug-likeness (QED) is 0.779. The topological polar surface area (TPSA) is 72.6 Å². The molecule has 1 aromatic carbocycles. The lowest BCUT2D eigenvalue weighted by atomic mass is 10.3. The van der Waals surface area contributed by atoms with E-state index in [1.807, 2.05) is 6.92 Å². The van der Waals surface area contributed by atoms with E-state index in [-0.39, 0.29) is 19.2 Å². The molecule has 1 aromatic rings. The van der Waals surface area contributed by atoms with Crippen LogP contribution in [0.15, 0.2) is 17.0 Å². The molecule has 1 unspecified atom stereocenters. The highest BCUT2D eigenvalue weighted by atomic mass is 32.2. The fraction of sp³-hybridized carbons (Fsp3) is 0.538. The lowest BCUT2D eigenvalue weighted by molar-refractivity contribution is 0.167. The summed E-state index contributed by atoms with van der Waals surface area (Å²) in [5.74, 6) is -2.25. The van der Waals surface area contributed by atoms with Crippen LogP contribution in [0.5, 0.6) is 0 Å². The summed E-state index contributed by atoms with van der Waals surface area (Å²) in [6.45, 7) is 3.76. The van der Waals surface area contributed by atoms with Crippen LogP contribution in [0.1, 0.15) is 20.3 Å². The van der Waals surface area contributed by atoms with E-state index < -0.39 is 32.2 Å². The standard InChI is InChI=1S/C13H20F2N2O3S/c1-4-9(2)17(7-8-20-3)21(18,19)11-6-5-10(14)13(16)12(11)15/h5-6,9H,4,7-8,16H2,1-3H3. The van der Waals surface area contributed by atoms with E-state index >= 15 is 0 Å². The molecule has 1 rings (SSSR count). The Labute approximate surface area is 123 Å². The summed E-state index contributed by atoms with van der Waals surface area (Å²) < 4.78 is 58.4. The predicted octanol–water partition coefficient (Wildman–Crippen LogP) is 1.98. The van der Waals surface area contributed by atoms with E-state index in [1.165, 1.54) is 7.11 Å². The summed E-state index contributed by atoms with van der Waals surface area (Å²) in [6.07, 6.45) is 0.543. The predicted molar refractivity (Wildman–Crippen MR) is 76.3 cm³/mol. The third-order valence-corrected chi connectivity index (χ3v) is 5.31. The third kappa shape index (κ3) is 3.69. The number of anilines is 1. The van der Waals surface area contributed by atoms with Crippen molar-refractivity contribution in [2.45, 2.75) is 31.2 Å². The zero-order chi connectivity index (χ0) is 16.2. The zero-order valence-corrected chi connectivity index (χ0v) is 13.1. The van der Waals surface area contributed by atoms with Gasteiger partial charge in [-0.05, 0) is 25.5 Å². The molecular formula is C13H20F2N2O3S. The third-order valence-electron chi connectivity index (χ3n) is 3.28. The number of nitrogens with zero attached hydrogens (tertiary/aromatic N) is 1. The van der Waals surface area contributed by atoms with Gasteiger partial charge in [-0.3, -0.25) is 0 Å². The molecule has 2 N–H and O–H groups in total. The van der Waals surface area contributed by atoms with Crippen LogP contribution in [0.4, 0.5) is 14.5 Å². The molecule has 0 radical (unpaired) electrons. The van der Waals surface area contributed by atoms with Gasteiger partial charge in [-0.25, -0.2) is 17.2 Å². The molecule has 0 heterocycles. The Bertz CT molecular complexity index is 593. The molecule has 0 saturated heterocycles. The van der Waals surface area contributed by atoms with Crippen molar-refractivity contribution in [1.29, 1.82) is 0 Å². The van der Waals surface area contributed by atoms with Crippen molar-refractivity contribution in [1.82, 2.24) is 4.31 Å². The number of benzene rings is 1. The smallest absolute Gasteiger partial charge is 0.246 e. The molecule has 8 heteroatoms. The van der Waals surface area contributed by atoms with Gasteiger partial charge in [0, 0.05) is 19.7 Å². The first kappa shape index (κ1) is 17.8. The zero-order valence-electron chi connectivity index (χ0n) is 12.3. The van der Waals surface area contributed by atoms with E-state index in [4.69, 9.17) is 10.5 Å². The van der Waals surface area contributed by atoms with Crippen LogP contribution in [0.2, 0.25) is 0 Å². The van der Waals surface area contributed by atoms with Gasteiger partial charge in [0.2, 0.25) is 10.0 Å². The highest BCUT2D eigenvalue weighted by Crippen LogP contribution is 2.27. The van der Waals surface area contributed by atoms with Gasteiger partial charge in [-0.2, -0.15) is 4.31 Å². The lowest BCUT2D eigenvalue weighted by Gasteiger charge is -2.27. The Kier molecular flexibility index (Phi) is 6.06. The number of hydrogen-bond donors (Lipinski definition) is 1. The first-order chi connectivity index (χ1) is 9.77. The van der Waals surface area contributed by atoms with Gasteiger partial charge in [0.05, 0.1) is 6.61 Å². The second kappa shape index (κ2) is 7.15. The summed E-state index contributed by atoms with van der Waals surface area (Å²) >= 11 is 0. The summed E-state index contributed by atoms with van der Waals surface area (Å²) in [4.78, 5) is -0.627. The van der Waals surface area contributed by atoms with Gasteiger partial charge in [0.25, 0.3) is 0 Å². The van der Waals surface area contributed by atoms with Crippen molar-refractivity contribution in [2.24, 2.45) is 0 Å². The average Bonchev–Trinajstić information content (AvgIpc) is 2.44. The maximum absolute atomic E-state index is 14.0. The highest BCUT2D eigenvalue weighted by Gasteiger charge is 2.31. The SMILES string of the molecule is CCC(C)N(CCOC)S(=O)(=O)c1ccc(F)c(N)c1F. The van der Waals surface area contributed by atoms with Gasteiger partial charge in [0.15, 0.2) is 5.82 Å². The minimum Gasteiger partial charge on any atom is -0.394 e. The Morgan fingerprint density at radius 2 is 2.00 bits per heavy atom. The molecule has 5 nitrogen and oxygen atoms in total. The Hall–Kier alpha value is -1.25. The van der Waals surface area contributed by atoms with E-state index in [9.17, 15) is 17.2 Å². The molecule has 120 valence electrons. The monoisotopic (exact) mass is 322 g/mol. The maximum atomic E-state index is 14.0. The summed E-state index contributed by atoms with van der Waals surface area (Å²) in [6, 6.07) is 1.38. The number of nitrogen functional groups attached to an aromatic ring is 1. The molecule has 0 saturated carbocycles. The minimum atomic E-state index is -4.12. The van der Waals surface area contributed by atoms with Crippen molar-refractivity contribution in [3.63, 3.8) is 0 Å². The number of nitrogens with two attached hydrogens (primary N) is 1. The first-order valence-electron chi connectivity index (χ1n) is 6.51. The molecule has 0 aliphatic rings. The highest BCUT2D eigenvalue weighted by molar-refractivity contribution is 7.89. The maximum Gasteiger partial charge on any atom is 0.246 e. The normalized spacial score (nSPS) is 13.6. The summed E-state index contributed by atoms with van der Waals surface area (Å²) in [5.41, 5.74) is 4.43. The average molecular weight is 322 g/mol. The van der Waals surface area contributed by atoms with E-state index in [1.54, 1.807) is 6.92 Å². The molecule has 0 aliphatic carbocycles. The van der Waals surface area contributed by atoms with Crippen LogP contribution < -0.4 is 5.73 Å². The van der Waals surface area contributed by atoms with Gasteiger partial charge in [0.1, 0.15) is 16.4 Å². The van der Waals surface area contributed by atoms with Crippen LogP contribution in [0.25, 0.3) is 0 Å². The molecule has 0 aromatic heterocycles. The molecule has 1 atom stereocenters. The number of hydrogen-bond acceptors (Lipinski definition) is 4. The van der Waals surface area contributed by atoms with E-state index in [2.05, 4.69) is 0 Å². The molecule has 0 bridgehead atoms.